The van der Waals surface area contributed by atoms with Gasteiger partial charge in [0.25, 0.3) is 0 Å². The van der Waals surface area contributed by atoms with Gasteiger partial charge in [-0.05, 0) is 31.2 Å². The van der Waals surface area contributed by atoms with Crippen LogP contribution in [-0.4, -0.2) is 12.5 Å². The maximum atomic E-state index is 10.6. The van der Waals surface area contributed by atoms with Gasteiger partial charge in [0.15, 0.2) is 0 Å². The normalized spacial score (nSPS) is 10.5. The second kappa shape index (κ2) is 5.56. The molecule has 1 aromatic carbocycles. The van der Waals surface area contributed by atoms with Crippen LogP contribution in [-0.2, 0) is 4.79 Å². The van der Waals surface area contributed by atoms with Gasteiger partial charge in [-0.3, -0.25) is 4.79 Å². The van der Waals surface area contributed by atoms with Crippen molar-refractivity contribution in [3.05, 3.63) is 34.3 Å². The van der Waals surface area contributed by atoms with Gasteiger partial charge < -0.3 is 10.5 Å². The Morgan fingerprint density at radius 3 is 2.93 bits per heavy atom. The molecule has 0 unspecified atom stereocenters. The molecule has 1 rings (SSSR count). The van der Waals surface area contributed by atoms with Crippen molar-refractivity contribution in [3.63, 3.8) is 0 Å². The number of hydrogen-bond donors (Lipinski definition) is 1. The Morgan fingerprint density at radius 2 is 2.33 bits per heavy atom. The quantitative estimate of drug-likeness (QED) is 0.854. The van der Waals surface area contributed by atoms with Crippen LogP contribution in [0, 0.1) is 0 Å². The van der Waals surface area contributed by atoms with Gasteiger partial charge in [-0.1, -0.05) is 15.9 Å². The molecule has 0 atom stereocenters. The van der Waals surface area contributed by atoms with E-state index in [1.807, 2.05) is 25.1 Å². The first-order chi connectivity index (χ1) is 7.13. The van der Waals surface area contributed by atoms with E-state index in [-0.39, 0.29) is 0 Å². The lowest BCUT2D eigenvalue weighted by molar-refractivity contribution is -0.113. The summed E-state index contributed by atoms with van der Waals surface area (Å²) in [5.74, 6) is 0.260. The molecule has 0 aliphatic rings. The number of ether oxygens (including phenoxy) is 1. The fourth-order valence-corrected chi connectivity index (χ4v) is 1.49. The molecule has 0 fully saturated rings. The third kappa shape index (κ3) is 3.75. The van der Waals surface area contributed by atoms with Crippen molar-refractivity contribution in [3.8, 4) is 5.75 Å². The molecule has 0 radical (unpaired) electrons. The molecule has 0 saturated heterocycles. The van der Waals surface area contributed by atoms with Gasteiger partial charge in [-0.25, -0.2) is 0 Å². The van der Waals surface area contributed by atoms with E-state index in [1.54, 1.807) is 6.08 Å². The second-order valence-electron chi connectivity index (χ2n) is 2.85. The molecule has 1 amide bonds. The summed E-state index contributed by atoms with van der Waals surface area (Å²) in [5.41, 5.74) is 5.85. The Hall–Kier alpha value is -1.29. The number of amides is 1. The summed E-state index contributed by atoms with van der Waals surface area (Å²) >= 11 is 3.35. The largest absolute Gasteiger partial charge is 0.493 e. The third-order valence-electron chi connectivity index (χ3n) is 1.70. The highest BCUT2D eigenvalue weighted by Gasteiger charge is 2.01. The summed E-state index contributed by atoms with van der Waals surface area (Å²) in [6.07, 6.45) is 2.95. The van der Waals surface area contributed by atoms with Crippen molar-refractivity contribution >= 4 is 27.9 Å². The molecule has 3 nitrogen and oxygen atoms in total. The van der Waals surface area contributed by atoms with Gasteiger partial charge >= 0.3 is 0 Å². The number of nitrogens with two attached hydrogens (primary N) is 1. The zero-order valence-electron chi connectivity index (χ0n) is 8.37. The van der Waals surface area contributed by atoms with Gasteiger partial charge in [0.05, 0.1) is 6.61 Å². The number of benzene rings is 1. The Bertz CT molecular complexity index is 388. The molecular formula is C11H12BrNO2. The minimum Gasteiger partial charge on any atom is -0.493 e. The van der Waals surface area contributed by atoms with Crippen LogP contribution in [0.15, 0.2) is 28.7 Å². The fourth-order valence-electron chi connectivity index (χ4n) is 1.11. The first-order valence-electron chi connectivity index (χ1n) is 4.53. The van der Waals surface area contributed by atoms with Crippen LogP contribution in [0.2, 0.25) is 0 Å². The third-order valence-corrected chi connectivity index (χ3v) is 2.19. The molecule has 0 aromatic heterocycles. The standard InChI is InChI=1S/C11H12BrNO2/c1-2-15-10-5-4-9(12)7-8(10)3-6-11(13)14/h3-7H,2H2,1H3,(H2,13,14)/b6-3+. The molecule has 0 bridgehead atoms. The first-order valence-corrected chi connectivity index (χ1v) is 5.32. The van der Waals surface area contributed by atoms with Crippen LogP contribution >= 0.6 is 15.9 Å². The Balaban J connectivity index is 3.01. The van der Waals surface area contributed by atoms with E-state index >= 15 is 0 Å². The molecular weight excluding hydrogens is 258 g/mol. The summed E-state index contributed by atoms with van der Waals surface area (Å²) in [6.45, 7) is 2.49. The van der Waals surface area contributed by atoms with Crippen molar-refractivity contribution in [1.29, 1.82) is 0 Å². The first kappa shape index (κ1) is 11.8. The van der Waals surface area contributed by atoms with Crippen molar-refractivity contribution < 1.29 is 9.53 Å². The Morgan fingerprint density at radius 1 is 1.60 bits per heavy atom. The number of carbonyl (C=O) groups is 1. The van der Waals surface area contributed by atoms with Gasteiger partial charge in [0.1, 0.15) is 5.75 Å². The number of halogens is 1. The maximum Gasteiger partial charge on any atom is 0.241 e. The molecule has 80 valence electrons. The van der Waals surface area contributed by atoms with E-state index in [1.165, 1.54) is 6.08 Å². The summed E-state index contributed by atoms with van der Waals surface area (Å²) in [4.78, 5) is 10.6. The van der Waals surface area contributed by atoms with E-state index in [9.17, 15) is 4.79 Å². The van der Waals surface area contributed by atoms with Gasteiger partial charge in [-0.2, -0.15) is 0 Å². The van der Waals surface area contributed by atoms with Crippen molar-refractivity contribution in [2.24, 2.45) is 5.73 Å². The molecule has 0 saturated carbocycles. The van der Waals surface area contributed by atoms with Crippen LogP contribution in [0.25, 0.3) is 6.08 Å². The van der Waals surface area contributed by atoms with Crippen molar-refractivity contribution in [2.45, 2.75) is 6.92 Å². The second-order valence-corrected chi connectivity index (χ2v) is 3.77. The monoisotopic (exact) mass is 269 g/mol. The fraction of sp³-hybridized carbons (Fsp3) is 0.182. The summed E-state index contributed by atoms with van der Waals surface area (Å²) in [5, 5.41) is 0. The van der Waals surface area contributed by atoms with Gasteiger partial charge in [0, 0.05) is 16.1 Å². The lowest BCUT2D eigenvalue weighted by atomic mass is 10.2. The average Bonchev–Trinajstić information content (AvgIpc) is 2.18. The predicted octanol–water partition coefficient (Wildman–Crippen LogP) is 2.35. The Labute approximate surface area is 97.0 Å². The molecule has 0 aliphatic heterocycles. The topological polar surface area (TPSA) is 52.3 Å². The number of rotatable bonds is 4. The zero-order chi connectivity index (χ0) is 11.3. The number of carbonyl (C=O) groups excluding carboxylic acids is 1. The molecule has 0 spiro atoms. The van der Waals surface area contributed by atoms with E-state index in [0.29, 0.717) is 6.61 Å². The highest BCUT2D eigenvalue weighted by molar-refractivity contribution is 9.10. The summed E-state index contributed by atoms with van der Waals surface area (Å²) in [7, 11) is 0. The Kier molecular flexibility index (Phi) is 4.37. The molecule has 0 aliphatic carbocycles. The van der Waals surface area contributed by atoms with Crippen LogP contribution in [0.3, 0.4) is 0 Å². The molecule has 15 heavy (non-hydrogen) atoms. The van der Waals surface area contributed by atoms with Gasteiger partial charge in [0.2, 0.25) is 5.91 Å². The number of hydrogen-bond acceptors (Lipinski definition) is 2. The van der Waals surface area contributed by atoms with Crippen LogP contribution in [0.1, 0.15) is 12.5 Å². The average molecular weight is 270 g/mol. The van der Waals surface area contributed by atoms with Crippen LogP contribution in [0.5, 0.6) is 5.75 Å². The summed E-state index contributed by atoms with van der Waals surface area (Å²) < 4.78 is 6.33. The highest BCUT2D eigenvalue weighted by Crippen LogP contribution is 2.24. The molecule has 2 N–H and O–H groups in total. The lowest BCUT2D eigenvalue weighted by Crippen LogP contribution is -2.05. The number of primary amides is 1. The smallest absolute Gasteiger partial charge is 0.241 e. The lowest BCUT2D eigenvalue weighted by Gasteiger charge is -2.07. The predicted molar refractivity (Wildman–Crippen MR) is 63.5 cm³/mol. The van der Waals surface area contributed by atoms with E-state index in [2.05, 4.69) is 15.9 Å². The summed E-state index contributed by atoms with van der Waals surface area (Å²) in [6, 6.07) is 5.59. The SMILES string of the molecule is CCOc1ccc(Br)cc1/C=C/C(N)=O. The van der Waals surface area contributed by atoms with E-state index in [0.717, 1.165) is 15.8 Å². The van der Waals surface area contributed by atoms with Crippen molar-refractivity contribution in [2.75, 3.05) is 6.61 Å². The molecule has 1 aromatic rings. The minimum atomic E-state index is -0.475. The van der Waals surface area contributed by atoms with Crippen LogP contribution < -0.4 is 10.5 Å². The van der Waals surface area contributed by atoms with Crippen molar-refractivity contribution in [1.82, 2.24) is 0 Å². The zero-order valence-corrected chi connectivity index (χ0v) is 9.95. The maximum absolute atomic E-state index is 10.6. The molecule has 0 heterocycles. The van der Waals surface area contributed by atoms with E-state index in [4.69, 9.17) is 10.5 Å². The van der Waals surface area contributed by atoms with Gasteiger partial charge in [-0.15, -0.1) is 0 Å². The highest BCUT2D eigenvalue weighted by atomic mass is 79.9. The van der Waals surface area contributed by atoms with E-state index < -0.39 is 5.91 Å². The molecule has 4 heteroatoms. The minimum absolute atomic E-state index is 0.475. The van der Waals surface area contributed by atoms with Crippen LogP contribution in [0.4, 0.5) is 0 Å².